The molecule has 6 heteroatoms. The highest BCUT2D eigenvalue weighted by atomic mass is 32.2. The van der Waals surface area contributed by atoms with Gasteiger partial charge in [0.15, 0.2) is 0 Å². The van der Waals surface area contributed by atoms with Crippen molar-refractivity contribution in [2.45, 2.75) is 18.7 Å². The van der Waals surface area contributed by atoms with Crippen LogP contribution in [0, 0.1) is 13.8 Å². The summed E-state index contributed by atoms with van der Waals surface area (Å²) < 4.78 is 31.5. The van der Waals surface area contributed by atoms with Crippen molar-refractivity contribution in [1.82, 2.24) is 10.0 Å². The minimum Gasteiger partial charge on any atom is -0.383 e. The number of nitrogens with one attached hydrogen (secondary N) is 2. The van der Waals surface area contributed by atoms with Gasteiger partial charge in [-0.2, -0.15) is 0 Å². The minimum atomic E-state index is -3.41. The second-order valence-corrected chi connectivity index (χ2v) is 6.15. The molecule has 0 aliphatic rings. The first-order chi connectivity index (χ1) is 8.97. The van der Waals surface area contributed by atoms with E-state index in [0.717, 1.165) is 11.1 Å². The van der Waals surface area contributed by atoms with E-state index in [4.69, 9.17) is 4.74 Å². The van der Waals surface area contributed by atoms with E-state index in [1.807, 2.05) is 19.9 Å². The van der Waals surface area contributed by atoms with E-state index in [1.165, 1.54) is 0 Å². The number of benzene rings is 1. The molecule has 1 rings (SSSR count). The van der Waals surface area contributed by atoms with Crippen LogP contribution in [0.1, 0.15) is 11.1 Å². The number of ether oxygens (including phenoxy) is 1. The topological polar surface area (TPSA) is 67.4 Å². The molecule has 108 valence electrons. The van der Waals surface area contributed by atoms with Gasteiger partial charge in [0.05, 0.1) is 11.5 Å². The van der Waals surface area contributed by atoms with Gasteiger partial charge >= 0.3 is 0 Å². The Morgan fingerprint density at radius 2 is 1.84 bits per heavy atom. The van der Waals surface area contributed by atoms with Crippen LogP contribution >= 0.6 is 0 Å². The van der Waals surface area contributed by atoms with E-state index in [0.29, 0.717) is 31.1 Å². The fourth-order valence-electron chi connectivity index (χ4n) is 1.54. The van der Waals surface area contributed by atoms with Gasteiger partial charge in [0, 0.05) is 26.7 Å². The van der Waals surface area contributed by atoms with Crippen molar-refractivity contribution in [1.29, 1.82) is 0 Å². The summed E-state index contributed by atoms with van der Waals surface area (Å²) in [6.45, 7) is 6.12. The normalized spacial score (nSPS) is 11.7. The smallest absolute Gasteiger partial charge is 0.240 e. The Labute approximate surface area is 115 Å². The molecule has 0 saturated carbocycles. The Kier molecular flexibility index (Phi) is 6.44. The van der Waals surface area contributed by atoms with Crippen molar-refractivity contribution in [2.24, 2.45) is 0 Å². The molecule has 0 spiro atoms. The summed E-state index contributed by atoms with van der Waals surface area (Å²) in [5, 5.41) is 3.08. The lowest BCUT2D eigenvalue weighted by molar-refractivity contribution is 0.199. The van der Waals surface area contributed by atoms with Gasteiger partial charge in [-0.25, -0.2) is 13.1 Å². The maximum Gasteiger partial charge on any atom is 0.240 e. The number of hydrogen-bond donors (Lipinski definition) is 2. The maximum atomic E-state index is 12.0. The molecule has 0 aliphatic carbocycles. The van der Waals surface area contributed by atoms with Crippen LogP contribution in [-0.4, -0.2) is 41.8 Å². The third-order valence-corrected chi connectivity index (χ3v) is 4.32. The van der Waals surface area contributed by atoms with Gasteiger partial charge in [-0.1, -0.05) is 6.07 Å². The third-order valence-electron chi connectivity index (χ3n) is 2.87. The summed E-state index contributed by atoms with van der Waals surface area (Å²) in [5.74, 6) is 0. The zero-order chi connectivity index (χ0) is 14.3. The van der Waals surface area contributed by atoms with Gasteiger partial charge < -0.3 is 10.1 Å². The van der Waals surface area contributed by atoms with Gasteiger partial charge in [0.2, 0.25) is 10.0 Å². The lowest BCUT2D eigenvalue weighted by atomic mass is 10.1. The molecule has 0 saturated heterocycles. The van der Waals surface area contributed by atoms with E-state index in [-0.39, 0.29) is 0 Å². The van der Waals surface area contributed by atoms with E-state index >= 15 is 0 Å². The molecule has 0 amide bonds. The number of rotatable bonds is 8. The molecule has 0 fully saturated rings. The highest BCUT2D eigenvalue weighted by molar-refractivity contribution is 7.89. The Balaban J connectivity index is 2.49. The molecular formula is C13H22N2O3S. The second-order valence-electron chi connectivity index (χ2n) is 4.39. The number of sulfonamides is 1. The zero-order valence-electron chi connectivity index (χ0n) is 11.7. The fourth-order valence-corrected chi connectivity index (χ4v) is 2.65. The Morgan fingerprint density at radius 1 is 1.11 bits per heavy atom. The van der Waals surface area contributed by atoms with Gasteiger partial charge in [-0.15, -0.1) is 0 Å². The van der Waals surface area contributed by atoms with Gasteiger partial charge in [-0.05, 0) is 37.1 Å². The van der Waals surface area contributed by atoms with Crippen LogP contribution in [0.5, 0.6) is 0 Å². The summed E-state index contributed by atoms with van der Waals surface area (Å²) in [6, 6.07) is 5.14. The van der Waals surface area contributed by atoms with Gasteiger partial charge in [-0.3, -0.25) is 0 Å². The number of methoxy groups -OCH3 is 1. The first kappa shape index (κ1) is 16.1. The predicted octanol–water partition coefficient (Wildman–Crippen LogP) is 0.818. The first-order valence-electron chi connectivity index (χ1n) is 6.24. The Morgan fingerprint density at radius 3 is 2.47 bits per heavy atom. The van der Waals surface area contributed by atoms with Crippen molar-refractivity contribution < 1.29 is 13.2 Å². The molecule has 0 atom stereocenters. The molecule has 0 aliphatic heterocycles. The van der Waals surface area contributed by atoms with E-state index in [1.54, 1.807) is 19.2 Å². The van der Waals surface area contributed by atoms with Crippen molar-refractivity contribution in [3.05, 3.63) is 29.3 Å². The molecule has 5 nitrogen and oxygen atoms in total. The molecule has 1 aromatic carbocycles. The molecular weight excluding hydrogens is 264 g/mol. The highest BCUT2D eigenvalue weighted by Gasteiger charge is 2.13. The lowest BCUT2D eigenvalue weighted by Crippen LogP contribution is -2.33. The average Bonchev–Trinajstić information content (AvgIpc) is 2.36. The summed E-state index contributed by atoms with van der Waals surface area (Å²) in [4.78, 5) is 0.312. The van der Waals surface area contributed by atoms with Gasteiger partial charge in [0.1, 0.15) is 0 Å². The van der Waals surface area contributed by atoms with Crippen LogP contribution in [-0.2, 0) is 14.8 Å². The van der Waals surface area contributed by atoms with E-state index in [2.05, 4.69) is 10.0 Å². The molecule has 0 aromatic heterocycles. The molecule has 2 N–H and O–H groups in total. The van der Waals surface area contributed by atoms with Crippen LogP contribution in [0.4, 0.5) is 0 Å². The van der Waals surface area contributed by atoms with Crippen molar-refractivity contribution in [3.8, 4) is 0 Å². The molecule has 0 heterocycles. The summed E-state index contributed by atoms with van der Waals surface area (Å²) in [6.07, 6.45) is 0. The number of aryl methyl sites for hydroxylation is 2. The van der Waals surface area contributed by atoms with Crippen molar-refractivity contribution in [2.75, 3.05) is 33.4 Å². The van der Waals surface area contributed by atoms with Gasteiger partial charge in [0.25, 0.3) is 0 Å². The number of hydrogen-bond acceptors (Lipinski definition) is 4. The summed E-state index contributed by atoms with van der Waals surface area (Å²) in [5.41, 5.74) is 2.06. The minimum absolute atomic E-state index is 0.312. The summed E-state index contributed by atoms with van der Waals surface area (Å²) >= 11 is 0. The van der Waals surface area contributed by atoms with E-state index in [9.17, 15) is 8.42 Å². The fraction of sp³-hybridized carbons (Fsp3) is 0.538. The lowest BCUT2D eigenvalue weighted by Gasteiger charge is -2.09. The van der Waals surface area contributed by atoms with Crippen LogP contribution in [0.15, 0.2) is 23.1 Å². The molecule has 0 bridgehead atoms. The molecule has 1 aromatic rings. The third kappa shape index (κ3) is 5.28. The monoisotopic (exact) mass is 286 g/mol. The highest BCUT2D eigenvalue weighted by Crippen LogP contribution is 2.14. The molecule has 19 heavy (non-hydrogen) atoms. The molecule has 0 radical (unpaired) electrons. The standard InChI is InChI=1S/C13H22N2O3S/c1-11-4-5-13(10-12(11)2)19(16,17)15-7-6-14-8-9-18-3/h4-5,10,14-15H,6-9H2,1-3H3. The van der Waals surface area contributed by atoms with Crippen LogP contribution in [0.3, 0.4) is 0 Å². The predicted molar refractivity (Wildman–Crippen MR) is 75.9 cm³/mol. The van der Waals surface area contributed by atoms with Crippen LogP contribution in [0.2, 0.25) is 0 Å². The van der Waals surface area contributed by atoms with E-state index < -0.39 is 10.0 Å². The van der Waals surface area contributed by atoms with Crippen molar-refractivity contribution >= 4 is 10.0 Å². The Hall–Kier alpha value is -0.950. The largest absolute Gasteiger partial charge is 0.383 e. The Bertz CT molecular complexity index is 501. The van der Waals surface area contributed by atoms with Crippen LogP contribution < -0.4 is 10.0 Å². The average molecular weight is 286 g/mol. The van der Waals surface area contributed by atoms with Crippen LogP contribution in [0.25, 0.3) is 0 Å². The van der Waals surface area contributed by atoms with Crippen molar-refractivity contribution in [3.63, 3.8) is 0 Å². The second kappa shape index (κ2) is 7.59. The quantitative estimate of drug-likeness (QED) is 0.694. The SMILES string of the molecule is COCCNCCNS(=O)(=O)c1ccc(C)c(C)c1. The maximum absolute atomic E-state index is 12.0. The molecule has 0 unspecified atom stereocenters. The zero-order valence-corrected chi connectivity index (χ0v) is 12.5. The summed E-state index contributed by atoms with van der Waals surface area (Å²) in [7, 11) is -1.78. The first-order valence-corrected chi connectivity index (χ1v) is 7.72.